The molecule has 1 aromatic heterocycles. The molecule has 1 aliphatic rings. The number of aromatic amines is 1. The number of ether oxygens (including phenoxy) is 2. The Hall–Kier alpha value is -3.22. The maximum absolute atomic E-state index is 12.9. The van der Waals surface area contributed by atoms with Gasteiger partial charge < -0.3 is 19.8 Å². The third-order valence-electron chi connectivity index (χ3n) is 5.25. The van der Waals surface area contributed by atoms with E-state index in [4.69, 9.17) is 26.8 Å². The van der Waals surface area contributed by atoms with Crippen molar-refractivity contribution in [3.63, 3.8) is 0 Å². The molecule has 4 N–H and O–H groups in total. The van der Waals surface area contributed by atoms with Gasteiger partial charge in [-0.1, -0.05) is 12.1 Å². The van der Waals surface area contributed by atoms with E-state index in [1.165, 1.54) is 16.7 Å². The van der Waals surface area contributed by atoms with Gasteiger partial charge >= 0.3 is 0 Å². The predicted octanol–water partition coefficient (Wildman–Crippen LogP) is 1.57. The Kier molecular flexibility index (Phi) is 6.49. The Labute approximate surface area is 194 Å². The summed E-state index contributed by atoms with van der Waals surface area (Å²) in [4.78, 5) is 28.1. The SMILES string of the molecule is NS(=O)(=O)c1ccc(CCNC(=O)CCCn2c(=S)[nH]c3cc4c(cc3c2=O)OCO4)cc1. The number of carbonyl (C=O) groups excluding carboxylic acids is 1. The van der Waals surface area contributed by atoms with Gasteiger partial charge in [0, 0.05) is 25.6 Å². The normalized spacial score (nSPS) is 12.8. The van der Waals surface area contributed by atoms with Gasteiger partial charge in [-0.3, -0.25) is 14.2 Å². The average Bonchev–Trinajstić information content (AvgIpc) is 3.22. The summed E-state index contributed by atoms with van der Waals surface area (Å²) in [5, 5.41) is 8.33. The van der Waals surface area contributed by atoms with Crippen LogP contribution in [0.4, 0.5) is 0 Å². The van der Waals surface area contributed by atoms with Crippen molar-refractivity contribution in [3.05, 3.63) is 57.1 Å². The van der Waals surface area contributed by atoms with Crippen LogP contribution >= 0.6 is 12.2 Å². The highest BCUT2D eigenvalue weighted by atomic mass is 32.2. The van der Waals surface area contributed by atoms with Crippen molar-refractivity contribution in [2.45, 2.75) is 30.7 Å². The minimum absolute atomic E-state index is 0.0443. The third kappa shape index (κ3) is 5.24. The molecule has 0 aliphatic carbocycles. The molecular weight excluding hydrogens is 468 g/mol. The molecule has 0 atom stereocenters. The second-order valence-corrected chi connectivity index (χ2v) is 9.48. The van der Waals surface area contributed by atoms with Crippen LogP contribution in [0.1, 0.15) is 18.4 Å². The van der Waals surface area contributed by atoms with Crippen LogP contribution in [0.2, 0.25) is 0 Å². The van der Waals surface area contributed by atoms with E-state index in [2.05, 4.69) is 10.3 Å². The number of carbonyl (C=O) groups is 1. The second-order valence-electron chi connectivity index (χ2n) is 7.53. The smallest absolute Gasteiger partial charge is 0.262 e. The highest BCUT2D eigenvalue weighted by Crippen LogP contribution is 2.34. The Bertz CT molecular complexity index is 1430. The molecule has 2 aromatic carbocycles. The average molecular weight is 491 g/mol. The monoisotopic (exact) mass is 490 g/mol. The van der Waals surface area contributed by atoms with Crippen LogP contribution in [0, 0.1) is 4.77 Å². The molecule has 0 fully saturated rings. The molecule has 2 heterocycles. The standard InChI is InChI=1S/C21H22N4O6S2/c22-33(28,29)14-5-3-13(4-6-14)7-8-23-19(26)2-1-9-25-20(27)15-10-17-18(31-12-30-17)11-16(15)24-21(25)32/h3-6,10-11H,1-2,7-9,12H2,(H,23,26)(H,24,32)(H2,22,28,29). The molecule has 0 spiro atoms. The first-order chi connectivity index (χ1) is 15.7. The molecule has 0 saturated heterocycles. The van der Waals surface area contributed by atoms with Crippen molar-refractivity contribution in [2.24, 2.45) is 5.14 Å². The number of hydrogen-bond acceptors (Lipinski definition) is 7. The number of rotatable bonds is 8. The van der Waals surface area contributed by atoms with Crippen LogP contribution in [0.3, 0.4) is 0 Å². The highest BCUT2D eigenvalue weighted by Gasteiger charge is 2.17. The molecule has 4 rings (SSSR count). The van der Waals surface area contributed by atoms with Gasteiger partial charge in [0.15, 0.2) is 16.3 Å². The van der Waals surface area contributed by atoms with Crippen molar-refractivity contribution in [1.29, 1.82) is 0 Å². The molecule has 0 unspecified atom stereocenters. The summed E-state index contributed by atoms with van der Waals surface area (Å²) in [5.74, 6) is 0.918. The van der Waals surface area contributed by atoms with Crippen LogP contribution in [-0.2, 0) is 27.8 Å². The van der Waals surface area contributed by atoms with Crippen molar-refractivity contribution in [3.8, 4) is 11.5 Å². The Morgan fingerprint density at radius 3 is 2.58 bits per heavy atom. The van der Waals surface area contributed by atoms with Gasteiger partial charge in [-0.15, -0.1) is 0 Å². The van der Waals surface area contributed by atoms with E-state index >= 15 is 0 Å². The van der Waals surface area contributed by atoms with Crippen LogP contribution in [0.15, 0.2) is 46.1 Å². The Morgan fingerprint density at radius 1 is 1.18 bits per heavy atom. The second kappa shape index (κ2) is 9.33. The van der Waals surface area contributed by atoms with E-state index in [1.807, 2.05) is 0 Å². The zero-order valence-corrected chi connectivity index (χ0v) is 19.1. The van der Waals surface area contributed by atoms with Crippen LogP contribution in [0.25, 0.3) is 10.9 Å². The Balaban J connectivity index is 1.30. The molecule has 33 heavy (non-hydrogen) atoms. The lowest BCUT2D eigenvalue weighted by Gasteiger charge is -2.09. The van der Waals surface area contributed by atoms with E-state index in [9.17, 15) is 18.0 Å². The summed E-state index contributed by atoms with van der Waals surface area (Å²) in [5.41, 5.74) is 1.19. The molecular formula is C21H22N4O6S2. The van der Waals surface area contributed by atoms with Crippen LogP contribution < -0.4 is 25.5 Å². The van der Waals surface area contributed by atoms with Gasteiger partial charge in [-0.25, -0.2) is 13.6 Å². The Morgan fingerprint density at radius 2 is 1.88 bits per heavy atom. The lowest BCUT2D eigenvalue weighted by molar-refractivity contribution is -0.121. The number of sulfonamides is 1. The van der Waals surface area contributed by atoms with E-state index in [0.717, 1.165) is 5.56 Å². The lowest BCUT2D eigenvalue weighted by Crippen LogP contribution is -2.27. The molecule has 0 bridgehead atoms. The van der Waals surface area contributed by atoms with Crippen molar-refractivity contribution in [2.75, 3.05) is 13.3 Å². The first-order valence-electron chi connectivity index (χ1n) is 10.2. The van der Waals surface area contributed by atoms with Gasteiger partial charge in [0.05, 0.1) is 15.8 Å². The zero-order valence-electron chi connectivity index (χ0n) is 17.5. The third-order valence-corrected chi connectivity index (χ3v) is 6.50. The number of nitrogens with two attached hydrogens (primary N) is 1. The number of primary sulfonamides is 1. The molecule has 12 heteroatoms. The number of hydrogen-bond donors (Lipinski definition) is 3. The summed E-state index contributed by atoms with van der Waals surface area (Å²) < 4.78 is 34.9. The summed E-state index contributed by atoms with van der Waals surface area (Å²) in [6.07, 6.45) is 1.20. The topological polar surface area (TPSA) is 146 Å². The number of nitrogens with one attached hydrogen (secondary N) is 2. The van der Waals surface area contributed by atoms with Gasteiger partial charge in [0.1, 0.15) is 0 Å². The highest BCUT2D eigenvalue weighted by molar-refractivity contribution is 7.89. The lowest BCUT2D eigenvalue weighted by atomic mass is 10.1. The zero-order chi connectivity index (χ0) is 23.6. The van der Waals surface area contributed by atoms with Gasteiger partial charge in [0.2, 0.25) is 22.7 Å². The molecule has 10 nitrogen and oxygen atoms in total. The predicted molar refractivity (Wildman–Crippen MR) is 123 cm³/mol. The fourth-order valence-corrected chi connectivity index (χ4v) is 4.32. The van der Waals surface area contributed by atoms with Crippen molar-refractivity contribution < 1.29 is 22.7 Å². The number of H-pyrrole nitrogens is 1. The molecule has 3 aromatic rings. The molecule has 0 saturated carbocycles. The first-order valence-corrected chi connectivity index (χ1v) is 12.1. The molecule has 1 amide bonds. The van der Waals surface area contributed by atoms with E-state index < -0.39 is 10.0 Å². The number of benzene rings is 2. The maximum atomic E-state index is 12.9. The maximum Gasteiger partial charge on any atom is 0.262 e. The number of aromatic nitrogens is 2. The minimum Gasteiger partial charge on any atom is -0.454 e. The van der Waals surface area contributed by atoms with Gasteiger partial charge in [-0.05, 0) is 48.8 Å². The van der Waals surface area contributed by atoms with E-state index in [1.54, 1.807) is 24.3 Å². The van der Waals surface area contributed by atoms with Crippen molar-refractivity contribution in [1.82, 2.24) is 14.9 Å². The summed E-state index contributed by atoms with van der Waals surface area (Å²) in [7, 11) is -3.72. The number of nitrogens with zero attached hydrogens (tertiary/aromatic N) is 1. The molecule has 0 radical (unpaired) electrons. The number of amides is 1. The molecule has 174 valence electrons. The first kappa shape index (κ1) is 23.0. The van der Waals surface area contributed by atoms with E-state index in [0.29, 0.717) is 48.3 Å². The molecule has 1 aliphatic heterocycles. The fourth-order valence-electron chi connectivity index (χ4n) is 3.52. The van der Waals surface area contributed by atoms with Crippen molar-refractivity contribution >= 4 is 39.1 Å². The minimum atomic E-state index is -3.72. The van der Waals surface area contributed by atoms with Gasteiger partial charge in [0.25, 0.3) is 5.56 Å². The summed E-state index contributed by atoms with van der Waals surface area (Å²) >= 11 is 5.32. The summed E-state index contributed by atoms with van der Waals surface area (Å²) in [6, 6.07) is 9.51. The fraction of sp³-hybridized carbons (Fsp3) is 0.286. The van der Waals surface area contributed by atoms with Crippen LogP contribution in [0.5, 0.6) is 11.5 Å². The van der Waals surface area contributed by atoms with Gasteiger partial charge in [-0.2, -0.15) is 0 Å². The number of fused-ring (bicyclic) bond motifs is 2. The van der Waals surface area contributed by atoms with Crippen LogP contribution in [-0.4, -0.2) is 37.2 Å². The quantitative estimate of drug-likeness (QED) is 0.406. The summed E-state index contributed by atoms with van der Waals surface area (Å²) in [6.45, 7) is 0.800. The largest absolute Gasteiger partial charge is 0.454 e. The van der Waals surface area contributed by atoms with E-state index in [-0.39, 0.29) is 34.3 Å².